The number of nitrogen functional groups attached to an aromatic ring is 1. The fraction of sp³-hybridized carbons (Fsp3) is 0.375. The molecule has 1 aliphatic heterocycles. The highest BCUT2D eigenvalue weighted by Gasteiger charge is 2.14. The lowest BCUT2D eigenvalue weighted by molar-refractivity contribution is 0.726. The molecule has 0 unspecified atom stereocenters. The molecule has 4 heteroatoms. The van der Waals surface area contributed by atoms with Crippen molar-refractivity contribution in [3.05, 3.63) is 36.4 Å². The molecule has 0 spiro atoms. The van der Waals surface area contributed by atoms with Gasteiger partial charge in [0.15, 0.2) is 0 Å². The standard InChI is InChI=1S/C16H20N4/c17-15-12-14(13-8-4-3-5-9-13)18-16(19-15)20-10-6-1-2-7-11-20/h3-5,8-9,12H,1-2,6-7,10-11H2,(H2,17,18,19). The van der Waals surface area contributed by atoms with Gasteiger partial charge in [0.05, 0.1) is 5.69 Å². The smallest absolute Gasteiger partial charge is 0.227 e. The monoisotopic (exact) mass is 268 g/mol. The highest BCUT2D eigenvalue weighted by molar-refractivity contribution is 5.63. The maximum atomic E-state index is 5.96. The van der Waals surface area contributed by atoms with Crippen molar-refractivity contribution < 1.29 is 0 Å². The number of nitrogens with zero attached hydrogens (tertiary/aromatic N) is 3. The molecule has 0 atom stereocenters. The Labute approximate surface area is 119 Å². The van der Waals surface area contributed by atoms with Gasteiger partial charge in [-0.2, -0.15) is 4.98 Å². The third-order valence-corrected chi connectivity index (χ3v) is 3.69. The van der Waals surface area contributed by atoms with Crippen LogP contribution in [0.15, 0.2) is 36.4 Å². The van der Waals surface area contributed by atoms with Crippen molar-refractivity contribution in [2.45, 2.75) is 25.7 Å². The summed E-state index contributed by atoms with van der Waals surface area (Å²) < 4.78 is 0. The molecule has 1 aromatic heterocycles. The van der Waals surface area contributed by atoms with Gasteiger partial charge >= 0.3 is 0 Å². The number of nitrogens with two attached hydrogens (primary N) is 1. The molecule has 0 radical (unpaired) electrons. The Morgan fingerprint density at radius 2 is 1.60 bits per heavy atom. The summed E-state index contributed by atoms with van der Waals surface area (Å²) in [6.07, 6.45) is 5.01. The predicted octanol–water partition coefficient (Wildman–Crippen LogP) is 3.11. The number of rotatable bonds is 2. The lowest BCUT2D eigenvalue weighted by atomic mass is 10.1. The van der Waals surface area contributed by atoms with E-state index in [0.29, 0.717) is 5.82 Å². The Kier molecular flexibility index (Phi) is 3.81. The molecule has 3 rings (SSSR count). The van der Waals surface area contributed by atoms with Gasteiger partial charge in [-0.05, 0) is 12.8 Å². The van der Waals surface area contributed by atoms with Gasteiger partial charge in [0, 0.05) is 24.7 Å². The first-order chi connectivity index (χ1) is 9.83. The average molecular weight is 268 g/mol. The molecule has 20 heavy (non-hydrogen) atoms. The van der Waals surface area contributed by atoms with Crippen LogP contribution in [-0.4, -0.2) is 23.1 Å². The Morgan fingerprint density at radius 3 is 2.30 bits per heavy atom. The molecular formula is C16H20N4. The highest BCUT2D eigenvalue weighted by atomic mass is 15.3. The van der Waals surface area contributed by atoms with Crippen LogP contribution in [0.5, 0.6) is 0 Å². The number of aromatic nitrogens is 2. The van der Waals surface area contributed by atoms with Crippen molar-refractivity contribution in [2.75, 3.05) is 23.7 Å². The topological polar surface area (TPSA) is 55.0 Å². The zero-order valence-corrected chi connectivity index (χ0v) is 11.6. The maximum absolute atomic E-state index is 5.96. The molecule has 0 saturated carbocycles. The Hall–Kier alpha value is -2.10. The van der Waals surface area contributed by atoms with Crippen LogP contribution in [0.25, 0.3) is 11.3 Å². The Morgan fingerprint density at radius 1 is 0.900 bits per heavy atom. The van der Waals surface area contributed by atoms with Crippen molar-refractivity contribution in [1.29, 1.82) is 0 Å². The first-order valence-electron chi connectivity index (χ1n) is 7.28. The summed E-state index contributed by atoms with van der Waals surface area (Å²) in [7, 11) is 0. The van der Waals surface area contributed by atoms with Gasteiger partial charge in [-0.1, -0.05) is 43.2 Å². The Balaban J connectivity index is 1.94. The molecule has 1 aliphatic rings. The van der Waals surface area contributed by atoms with Crippen LogP contribution in [0.1, 0.15) is 25.7 Å². The SMILES string of the molecule is Nc1cc(-c2ccccc2)nc(N2CCCCCC2)n1. The van der Waals surface area contributed by atoms with E-state index in [4.69, 9.17) is 10.7 Å². The van der Waals surface area contributed by atoms with Gasteiger partial charge in [-0.25, -0.2) is 4.98 Å². The summed E-state index contributed by atoms with van der Waals surface area (Å²) in [6.45, 7) is 2.05. The molecule has 2 N–H and O–H groups in total. The molecular weight excluding hydrogens is 248 g/mol. The fourth-order valence-electron chi connectivity index (χ4n) is 2.62. The van der Waals surface area contributed by atoms with Crippen molar-refractivity contribution in [3.8, 4) is 11.3 Å². The maximum Gasteiger partial charge on any atom is 0.227 e. The van der Waals surface area contributed by atoms with E-state index in [1.54, 1.807) is 0 Å². The van der Waals surface area contributed by atoms with Gasteiger partial charge in [-0.3, -0.25) is 0 Å². The summed E-state index contributed by atoms with van der Waals surface area (Å²) in [4.78, 5) is 11.4. The van der Waals surface area contributed by atoms with E-state index in [1.807, 2.05) is 36.4 Å². The van der Waals surface area contributed by atoms with Gasteiger partial charge in [0.1, 0.15) is 5.82 Å². The highest BCUT2D eigenvalue weighted by Crippen LogP contribution is 2.23. The molecule has 0 aliphatic carbocycles. The summed E-state index contributed by atoms with van der Waals surface area (Å²) in [6, 6.07) is 12.0. The molecule has 104 valence electrons. The largest absolute Gasteiger partial charge is 0.384 e. The molecule has 2 heterocycles. The van der Waals surface area contributed by atoms with Crippen LogP contribution >= 0.6 is 0 Å². The van der Waals surface area contributed by atoms with Crippen LogP contribution in [0.3, 0.4) is 0 Å². The summed E-state index contributed by atoms with van der Waals surface area (Å²) >= 11 is 0. The predicted molar refractivity (Wildman–Crippen MR) is 82.6 cm³/mol. The summed E-state index contributed by atoms with van der Waals surface area (Å²) in [5, 5.41) is 0. The molecule has 1 aromatic carbocycles. The van der Waals surface area contributed by atoms with E-state index in [9.17, 15) is 0 Å². The zero-order chi connectivity index (χ0) is 13.8. The second-order valence-electron chi connectivity index (χ2n) is 5.25. The van der Waals surface area contributed by atoms with E-state index < -0.39 is 0 Å². The minimum absolute atomic E-state index is 0.540. The zero-order valence-electron chi connectivity index (χ0n) is 11.6. The quantitative estimate of drug-likeness (QED) is 0.909. The third-order valence-electron chi connectivity index (χ3n) is 3.69. The fourth-order valence-corrected chi connectivity index (χ4v) is 2.62. The van der Waals surface area contributed by atoms with Crippen molar-refractivity contribution in [2.24, 2.45) is 0 Å². The second-order valence-corrected chi connectivity index (χ2v) is 5.25. The minimum Gasteiger partial charge on any atom is -0.384 e. The molecule has 4 nitrogen and oxygen atoms in total. The molecule has 2 aromatic rings. The molecule has 1 fully saturated rings. The van der Waals surface area contributed by atoms with E-state index >= 15 is 0 Å². The van der Waals surface area contributed by atoms with E-state index in [-0.39, 0.29) is 0 Å². The van der Waals surface area contributed by atoms with Crippen molar-refractivity contribution >= 4 is 11.8 Å². The number of benzene rings is 1. The first kappa shape index (κ1) is 12.9. The minimum atomic E-state index is 0.540. The van der Waals surface area contributed by atoms with Gasteiger partial charge < -0.3 is 10.6 Å². The molecule has 1 saturated heterocycles. The normalized spacial score (nSPS) is 15.9. The first-order valence-corrected chi connectivity index (χ1v) is 7.28. The third kappa shape index (κ3) is 2.90. The van der Waals surface area contributed by atoms with Gasteiger partial charge in [-0.15, -0.1) is 0 Å². The number of hydrogen-bond acceptors (Lipinski definition) is 4. The average Bonchev–Trinajstić information content (AvgIpc) is 2.77. The van der Waals surface area contributed by atoms with Crippen molar-refractivity contribution in [3.63, 3.8) is 0 Å². The number of hydrogen-bond donors (Lipinski definition) is 1. The van der Waals surface area contributed by atoms with Crippen LogP contribution in [0.4, 0.5) is 11.8 Å². The van der Waals surface area contributed by atoms with Crippen molar-refractivity contribution in [1.82, 2.24) is 9.97 Å². The molecule has 0 bridgehead atoms. The van der Waals surface area contributed by atoms with Gasteiger partial charge in [0.2, 0.25) is 5.95 Å². The lowest BCUT2D eigenvalue weighted by Crippen LogP contribution is -2.26. The van der Waals surface area contributed by atoms with E-state index in [1.165, 1.54) is 25.7 Å². The van der Waals surface area contributed by atoms with Gasteiger partial charge in [0.25, 0.3) is 0 Å². The summed E-state index contributed by atoms with van der Waals surface area (Å²) in [5.74, 6) is 1.31. The second kappa shape index (κ2) is 5.90. The van der Waals surface area contributed by atoms with Crippen LogP contribution in [-0.2, 0) is 0 Å². The van der Waals surface area contributed by atoms with E-state index in [0.717, 1.165) is 30.3 Å². The molecule has 0 amide bonds. The number of anilines is 2. The van der Waals surface area contributed by atoms with E-state index in [2.05, 4.69) is 9.88 Å². The summed E-state index contributed by atoms with van der Waals surface area (Å²) in [5.41, 5.74) is 7.95. The van der Waals surface area contributed by atoms with Crippen LogP contribution in [0, 0.1) is 0 Å². The Bertz CT molecular complexity index is 560. The van der Waals surface area contributed by atoms with Crippen LogP contribution < -0.4 is 10.6 Å². The van der Waals surface area contributed by atoms with Crippen LogP contribution in [0.2, 0.25) is 0 Å². The lowest BCUT2D eigenvalue weighted by Gasteiger charge is -2.21.